The first-order valence-corrected chi connectivity index (χ1v) is 11.2. The molecular weight excluding hydrogens is 460 g/mol. The van der Waals surface area contributed by atoms with Crippen molar-refractivity contribution >= 4 is 46.0 Å². The van der Waals surface area contributed by atoms with Crippen molar-refractivity contribution in [3.63, 3.8) is 0 Å². The summed E-state index contributed by atoms with van der Waals surface area (Å²) in [6, 6.07) is 5.59. The maximum Gasteiger partial charge on any atom is 0.341 e. The van der Waals surface area contributed by atoms with Crippen LogP contribution < -0.4 is 25.1 Å². The van der Waals surface area contributed by atoms with Crippen molar-refractivity contribution in [2.75, 3.05) is 43.2 Å². The van der Waals surface area contributed by atoms with Gasteiger partial charge in [-0.05, 0) is 31.3 Å². The number of benzene rings is 1. The fourth-order valence-corrected chi connectivity index (χ4v) is 4.30. The Kier molecular flexibility index (Phi) is 5.65. The number of hydrogen-bond acceptors (Lipinski definition) is 8. The van der Waals surface area contributed by atoms with Gasteiger partial charge in [0.1, 0.15) is 11.2 Å². The van der Waals surface area contributed by atoms with Crippen molar-refractivity contribution in [3.05, 3.63) is 46.4 Å². The van der Waals surface area contributed by atoms with Crippen LogP contribution >= 0.6 is 12.2 Å². The highest BCUT2D eigenvalue weighted by atomic mass is 32.1. The highest BCUT2D eigenvalue weighted by molar-refractivity contribution is 7.80. The molecule has 0 amide bonds. The number of carboxylic acid groups (broad SMARTS) is 1. The van der Waals surface area contributed by atoms with Gasteiger partial charge in [-0.2, -0.15) is 4.98 Å². The van der Waals surface area contributed by atoms with Gasteiger partial charge in [0.05, 0.1) is 5.39 Å². The van der Waals surface area contributed by atoms with Crippen molar-refractivity contribution in [2.45, 2.75) is 13.5 Å². The fourth-order valence-electron chi connectivity index (χ4n) is 4.00. The Morgan fingerprint density at radius 1 is 1.21 bits per heavy atom. The average molecular weight is 483 g/mol. The molecule has 11 nitrogen and oxygen atoms in total. The Labute approximate surface area is 199 Å². The molecule has 4 heterocycles. The highest BCUT2D eigenvalue weighted by Crippen LogP contribution is 2.34. The SMILES string of the molecule is CCn1cc(C(=O)O)c(=O)c2cnc(N3CCN(C(=S)Nc4ccc5c(c4)OCO5)CC3)nc21. The molecule has 1 saturated heterocycles. The molecule has 1 aromatic carbocycles. The van der Waals surface area contributed by atoms with Crippen molar-refractivity contribution in [3.8, 4) is 11.5 Å². The number of piperazine rings is 1. The van der Waals surface area contributed by atoms with Gasteiger partial charge in [-0.3, -0.25) is 4.79 Å². The standard InChI is InChI=1S/C22H22N6O5S/c1-2-26-11-15(20(30)31)18(29)14-10-23-21(25-19(14)26)27-5-7-28(8-6-27)22(34)24-13-3-4-16-17(9-13)33-12-32-16/h3-4,9-11H,2,5-8,12H2,1H3,(H,24,34)(H,30,31). The molecule has 5 rings (SSSR count). The number of nitrogens with zero attached hydrogens (tertiary/aromatic N) is 5. The molecular formula is C22H22N6O5S. The van der Waals surface area contributed by atoms with E-state index in [-0.39, 0.29) is 17.7 Å². The van der Waals surface area contributed by atoms with Gasteiger partial charge >= 0.3 is 5.97 Å². The molecule has 2 N–H and O–H groups in total. The monoisotopic (exact) mass is 482 g/mol. The maximum absolute atomic E-state index is 12.5. The van der Waals surface area contributed by atoms with Gasteiger partial charge in [-0.1, -0.05) is 0 Å². The maximum atomic E-state index is 12.5. The largest absolute Gasteiger partial charge is 0.477 e. The number of fused-ring (bicyclic) bond motifs is 2. The van der Waals surface area contributed by atoms with E-state index >= 15 is 0 Å². The summed E-state index contributed by atoms with van der Waals surface area (Å²) in [6.45, 7) is 5.16. The number of carbonyl (C=O) groups is 1. The lowest BCUT2D eigenvalue weighted by atomic mass is 10.2. The first kappa shape index (κ1) is 21.9. The number of aromatic carboxylic acids is 1. The Bertz CT molecular complexity index is 1350. The van der Waals surface area contributed by atoms with Crippen LogP contribution in [0.25, 0.3) is 11.0 Å². The molecule has 0 saturated carbocycles. The summed E-state index contributed by atoms with van der Waals surface area (Å²) in [5.41, 5.74) is 0.379. The third-order valence-corrected chi connectivity index (χ3v) is 6.21. The van der Waals surface area contributed by atoms with E-state index in [4.69, 9.17) is 21.7 Å². The quantitative estimate of drug-likeness (QED) is 0.529. The van der Waals surface area contributed by atoms with Crippen LogP contribution in [0.4, 0.5) is 11.6 Å². The molecule has 1 fully saturated rings. The molecule has 0 unspecified atom stereocenters. The van der Waals surface area contributed by atoms with Gasteiger partial charge in [0.2, 0.25) is 18.2 Å². The fraction of sp³-hybridized carbons (Fsp3) is 0.318. The number of rotatable bonds is 4. The van der Waals surface area contributed by atoms with E-state index < -0.39 is 11.4 Å². The molecule has 176 valence electrons. The predicted octanol–water partition coefficient (Wildman–Crippen LogP) is 1.76. The number of pyridine rings is 1. The lowest BCUT2D eigenvalue weighted by Gasteiger charge is -2.36. The van der Waals surface area contributed by atoms with Crippen LogP contribution in [0.2, 0.25) is 0 Å². The van der Waals surface area contributed by atoms with Crippen LogP contribution in [0.5, 0.6) is 11.5 Å². The zero-order valence-electron chi connectivity index (χ0n) is 18.4. The minimum absolute atomic E-state index is 0.193. The second kappa shape index (κ2) is 8.78. The molecule has 12 heteroatoms. The van der Waals surface area contributed by atoms with Gasteiger partial charge in [0, 0.05) is 56.9 Å². The number of thiocarbonyl (C=S) groups is 1. The van der Waals surface area contributed by atoms with Crippen LogP contribution in [0, 0.1) is 0 Å². The lowest BCUT2D eigenvalue weighted by molar-refractivity contribution is 0.0695. The number of hydrogen-bond donors (Lipinski definition) is 2. The Balaban J connectivity index is 1.29. The van der Waals surface area contributed by atoms with E-state index in [1.54, 1.807) is 4.57 Å². The van der Waals surface area contributed by atoms with Crippen LogP contribution in [0.15, 0.2) is 35.4 Å². The normalized spacial score (nSPS) is 15.0. The van der Waals surface area contributed by atoms with E-state index in [1.165, 1.54) is 12.4 Å². The van der Waals surface area contributed by atoms with Gasteiger partial charge < -0.3 is 34.3 Å². The molecule has 0 atom stereocenters. The molecule has 0 radical (unpaired) electrons. The number of aryl methyl sites for hydroxylation is 1. The minimum atomic E-state index is -1.26. The molecule has 0 bridgehead atoms. The van der Waals surface area contributed by atoms with E-state index in [1.807, 2.05) is 30.0 Å². The predicted molar refractivity (Wildman–Crippen MR) is 129 cm³/mol. The van der Waals surface area contributed by atoms with Crippen LogP contribution in [0.3, 0.4) is 0 Å². The second-order valence-electron chi connectivity index (χ2n) is 7.84. The summed E-state index contributed by atoms with van der Waals surface area (Å²) >= 11 is 5.59. The van der Waals surface area contributed by atoms with Gasteiger partial charge in [0.15, 0.2) is 16.6 Å². The van der Waals surface area contributed by atoms with E-state index in [2.05, 4.69) is 20.2 Å². The molecule has 2 aromatic heterocycles. The molecule has 2 aliphatic heterocycles. The first-order valence-electron chi connectivity index (χ1n) is 10.8. The van der Waals surface area contributed by atoms with Crippen molar-refractivity contribution in [1.82, 2.24) is 19.4 Å². The van der Waals surface area contributed by atoms with Crippen molar-refractivity contribution in [2.24, 2.45) is 0 Å². The molecule has 34 heavy (non-hydrogen) atoms. The Morgan fingerprint density at radius 3 is 2.71 bits per heavy atom. The highest BCUT2D eigenvalue weighted by Gasteiger charge is 2.23. The van der Waals surface area contributed by atoms with Crippen LogP contribution in [-0.2, 0) is 6.54 Å². The topological polar surface area (TPSA) is 122 Å². The Hall–Kier alpha value is -3.93. The van der Waals surface area contributed by atoms with E-state index in [0.29, 0.717) is 60.9 Å². The molecule has 3 aromatic rings. The molecule has 0 aliphatic carbocycles. The summed E-state index contributed by atoms with van der Waals surface area (Å²) in [4.78, 5) is 37.0. The summed E-state index contributed by atoms with van der Waals surface area (Å²) in [5, 5.41) is 13.4. The zero-order valence-corrected chi connectivity index (χ0v) is 19.2. The third kappa shape index (κ3) is 3.96. The lowest BCUT2D eigenvalue weighted by Crippen LogP contribution is -2.50. The van der Waals surface area contributed by atoms with E-state index in [9.17, 15) is 14.7 Å². The number of nitrogens with one attached hydrogen (secondary N) is 1. The number of aromatic nitrogens is 3. The summed E-state index contributed by atoms with van der Waals surface area (Å²) in [7, 11) is 0. The first-order chi connectivity index (χ1) is 16.4. The average Bonchev–Trinajstić information content (AvgIpc) is 3.32. The summed E-state index contributed by atoms with van der Waals surface area (Å²) < 4.78 is 12.4. The van der Waals surface area contributed by atoms with Gasteiger partial charge in [-0.25, -0.2) is 9.78 Å². The molecule has 0 spiro atoms. The Morgan fingerprint density at radius 2 is 1.97 bits per heavy atom. The van der Waals surface area contributed by atoms with Crippen molar-refractivity contribution < 1.29 is 19.4 Å². The number of anilines is 2. The summed E-state index contributed by atoms with van der Waals surface area (Å²) in [5.74, 6) is 0.631. The van der Waals surface area contributed by atoms with Crippen molar-refractivity contribution in [1.29, 1.82) is 0 Å². The minimum Gasteiger partial charge on any atom is -0.477 e. The summed E-state index contributed by atoms with van der Waals surface area (Å²) in [6.07, 6.45) is 2.75. The zero-order chi connectivity index (χ0) is 23.8. The third-order valence-electron chi connectivity index (χ3n) is 5.85. The number of ether oxygens (including phenoxy) is 2. The number of carboxylic acids is 1. The molecule has 2 aliphatic rings. The van der Waals surface area contributed by atoms with Crippen LogP contribution in [-0.4, -0.2) is 68.6 Å². The second-order valence-corrected chi connectivity index (χ2v) is 8.23. The van der Waals surface area contributed by atoms with Gasteiger partial charge in [0.25, 0.3) is 0 Å². The smallest absolute Gasteiger partial charge is 0.341 e. The van der Waals surface area contributed by atoms with E-state index in [0.717, 1.165) is 5.69 Å². The van der Waals surface area contributed by atoms with Crippen LogP contribution in [0.1, 0.15) is 17.3 Å². The van der Waals surface area contributed by atoms with Gasteiger partial charge in [-0.15, -0.1) is 0 Å².